The van der Waals surface area contributed by atoms with Crippen molar-refractivity contribution in [3.63, 3.8) is 0 Å². The topological polar surface area (TPSA) is 127 Å². The molecule has 0 aromatic carbocycles. The SMILES string of the molecule is O=C(O)[C@@H]1[C@H](Nc2c(Cl)cnc3nc(-c4sc(N5CCC(O)C5)nc4Cl)[nH]c23)[C@H]2C=C[C@@H]1C2. The molecule has 3 aromatic rings. The largest absolute Gasteiger partial charge is 0.481 e. The quantitative estimate of drug-likeness (QED) is 0.386. The highest BCUT2D eigenvalue weighted by molar-refractivity contribution is 7.19. The Labute approximate surface area is 202 Å². The van der Waals surface area contributed by atoms with Crippen molar-refractivity contribution in [3.8, 4) is 10.7 Å². The Morgan fingerprint density at radius 2 is 2.09 bits per heavy atom. The Morgan fingerprint density at radius 1 is 1.27 bits per heavy atom. The second-order valence-electron chi connectivity index (χ2n) is 8.75. The molecule has 3 aliphatic rings. The van der Waals surface area contributed by atoms with Crippen LogP contribution in [0, 0.1) is 17.8 Å². The van der Waals surface area contributed by atoms with E-state index in [0.29, 0.717) is 50.7 Å². The van der Waals surface area contributed by atoms with E-state index in [4.69, 9.17) is 23.2 Å². The standard InChI is InChI=1S/C21H20Cl2N6O3S/c22-11-6-24-18-15(14(11)25-13-9-2-1-8(5-9)12(13)20(31)32)26-19(28-18)16-17(23)27-21(33-16)29-4-3-10(30)7-29/h1-2,6,8-10,12-13,30H,3-5,7H2,(H,31,32)(H2,24,25,26,28)/t8-,9+,10?,12+,13-/m1/s1. The number of nitrogens with zero attached hydrogens (tertiary/aromatic N) is 4. The van der Waals surface area contributed by atoms with E-state index in [0.717, 1.165) is 18.1 Å². The summed E-state index contributed by atoms with van der Waals surface area (Å²) < 4.78 is 0. The average molecular weight is 507 g/mol. The first-order chi connectivity index (χ1) is 15.9. The Morgan fingerprint density at radius 3 is 2.85 bits per heavy atom. The van der Waals surface area contributed by atoms with Gasteiger partial charge < -0.3 is 25.4 Å². The van der Waals surface area contributed by atoms with Crippen LogP contribution in [-0.2, 0) is 4.79 Å². The number of H-pyrrole nitrogens is 1. The molecule has 0 radical (unpaired) electrons. The summed E-state index contributed by atoms with van der Waals surface area (Å²) in [5.41, 5.74) is 1.63. The van der Waals surface area contributed by atoms with Gasteiger partial charge in [0.1, 0.15) is 10.4 Å². The van der Waals surface area contributed by atoms with E-state index in [1.807, 2.05) is 11.0 Å². The fraction of sp³-hybridized carbons (Fsp3) is 0.429. The van der Waals surface area contributed by atoms with Gasteiger partial charge in [0.25, 0.3) is 0 Å². The molecule has 1 saturated carbocycles. The Hall–Kier alpha value is -2.40. The molecule has 2 fully saturated rings. The number of carbonyl (C=O) groups is 1. The molecule has 33 heavy (non-hydrogen) atoms. The number of aliphatic hydroxyl groups excluding tert-OH is 1. The number of carboxylic acid groups (broad SMARTS) is 1. The molecule has 4 N–H and O–H groups in total. The molecule has 3 aromatic heterocycles. The van der Waals surface area contributed by atoms with Gasteiger partial charge in [0.2, 0.25) is 0 Å². The summed E-state index contributed by atoms with van der Waals surface area (Å²) in [6.07, 6.45) is 6.75. The van der Waals surface area contributed by atoms with Crippen molar-refractivity contribution >= 4 is 62.5 Å². The van der Waals surface area contributed by atoms with Gasteiger partial charge in [0, 0.05) is 19.1 Å². The van der Waals surface area contributed by atoms with Crippen molar-refractivity contribution in [2.45, 2.75) is 25.0 Å². The molecule has 0 spiro atoms. The number of aliphatic carboxylic acids is 1. The number of anilines is 2. The van der Waals surface area contributed by atoms with Gasteiger partial charge in [-0.2, -0.15) is 0 Å². The number of aliphatic hydroxyl groups is 1. The highest BCUT2D eigenvalue weighted by atomic mass is 35.5. The number of imidazole rings is 1. The van der Waals surface area contributed by atoms with Gasteiger partial charge in [-0.15, -0.1) is 0 Å². The van der Waals surface area contributed by atoms with Crippen LogP contribution in [-0.4, -0.2) is 61.4 Å². The zero-order valence-electron chi connectivity index (χ0n) is 17.2. The van der Waals surface area contributed by atoms with E-state index in [2.05, 4.69) is 31.3 Å². The van der Waals surface area contributed by atoms with Crippen LogP contribution in [0.3, 0.4) is 0 Å². The summed E-state index contributed by atoms with van der Waals surface area (Å²) in [5, 5.41) is 24.4. The van der Waals surface area contributed by atoms with Crippen molar-refractivity contribution in [1.29, 1.82) is 0 Å². The number of aromatic nitrogens is 4. The molecule has 1 saturated heterocycles. The van der Waals surface area contributed by atoms with Crippen LogP contribution in [0.1, 0.15) is 12.8 Å². The second-order valence-corrected chi connectivity index (χ2v) is 10.5. The minimum absolute atomic E-state index is 0.0250. The predicted octanol–water partition coefficient (Wildman–Crippen LogP) is 3.65. The van der Waals surface area contributed by atoms with Gasteiger partial charge in [0.05, 0.1) is 28.9 Å². The molecule has 2 bridgehead atoms. The van der Waals surface area contributed by atoms with Crippen LogP contribution < -0.4 is 10.2 Å². The smallest absolute Gasteiger partial charge is 0.309 e. The summed E-state index contributed by atoms with van der Waals surface area (Å²) >= 11 is 14.3. The number of hydrogen-bond acceptors (Lipinski definition) is 8. The summed E-state index contributed by atoms with van der Waals surface area (Å²) in [4.78, 5) is 31.3. The number of fused-ring (bicyclic) bond motifs is 3. The summed E-state index contributed by atoms with van der Waals surface area (Å²) in [6.45, 7) is 1.25. The highest BCUT2D eigenvalue weighted by Gasteiger charge is 2.48. The van der Waals surface area contributed by atoms with E-state index in [1.54, 1.807) is 0 Å². The lowest BCUT2D eigenvalue weighted by molar-refractivity contribution is -0.142. The minimum atomic E-state index is -0.813. The molecule has 9 nitrogen and oxygen atoms in total. The Kier molecular flexibility index (Phi) is 5.02. The number of allylic oxidation sites excluding steroid dienone is 1. The minimum Gasteiger partial charge on any atom is -0.481 e. The molecule has 4 heterocycles. The van der Waals surface area contributed by atoms with Crippen LogP contribution in [0.25, 0.3) is 21.9 Å². The summed E-state index contributed by atoms with van der Waals surface area (Å²) in [7, 11) is 0. The number of thiazole rings is 1. The zero-order chi connectivity index (χ0) is 22.9. The molecule has 0 amide bonds. The van der Waals surface area contributed by atoms with Crippen molar-refractivity contribution < 1.29 is 15.0 Å². The maximum atomic E-state index is 11.9. The van der Waals surface area contributed by atoms with Crippen molar-refractivity contribution in [2.75, 3.05) is 23.3 Å². The van der Waals surface area contributed by atoms with Crippen LogP contribution in [0.2, 0.25) is 10.2 Å². The molecular formula is C21H20Cl2N6O3S. The van der Waals surface area contributed by atoms with Gasteiger partial charge >= 0.3 is 5.97 Å². The molecule has 12 heteroatoms. The van der Waals surface area contributed by atoms with Crippen molar-refractivity contribution in [1.82, 2.24) is 19.9 Å². The number of β-amino-alcohol motifs (C(OH)–C–C–N with tert-alkyl or cyclic N) is 1. The average Bonchev–Trinajstić information content (AvgIpc) is 3.57. The van der Waals surface area contributed by atoms with E-state index in [1.165, 1.54) is 17.5 Å². The third-order valence-electron chi connectivity index (χ3n) is 6.75. The van der Waals surface area contributed by atoms with E-state index in [9.17, 15) is 15.0 Å². The normalized spacial score (nSPS) is 28.3. The molecule has 1 unspecified atom stereocenters. The molecule has 1 aliphatic heterocycles. The third-order valence-corrected chi connectivity index (χ3v) is 8.55. The lowest BCUT2D eigenvalue weighted by atomic mass is 9.89. The highest BCUT2D eigenvalue weighted by Crippen LogP contribution is 2.46. The molecule has 2 aliphatic carbocycles. The van der Waals surface area contributed by atoms with E-state index in [-0.39, 0.29) is 24.0 Å². The lowest BCUT2D eigenvalue weighted by Crippen LogP contribution is -2.37. The second kappa shape index (κ2) is 7.83. The molecule has 5 atom stereocenters. The number of nitrogens with one attached hydrogen (secondary N) is 2. The monoisotopic (exact) mass is 506 g/mol. The van der Waals surface area contributed by atoms with Gasteiger partial charge in [-0.25, -0.2) is 15.0 Å². The van der Waals surface area contributed by atoms with Crippen molar-refractivity contribution in [3.05, 3.63) is 28.5 Å². The van der Waals surface area contributed by atoms with E-state index >= 15 is 0 Å². The van der Waals surface area contributed by atoms with E-state index < -0.39 is 11.9 Å². The van der Waals surface area contributed by atoms with Crippen LogP contribution in [0.15, 0.2) is 18.3 Å². The number of halogens is 2. The fourth-order valence-electron chi connectivity index (χ4n) is 5.19. The third kappa shape index (κ3) is 3.47. The Balaban J connectivity index is 1.36. The fourth-order valence-corrected chi connectivity index (χ4v) is 6.66. The maximum absolute atomic E-state index is 11.9. The summed E-state index contributed by atoms with van der Waals surface area (Å²) in [5.74, 6) is -0.661. The van der Waals surface area contributed by atoms with Crippen LogP contribution >= 0.6 is 34.5 Å². The van der Waals surface area contributed by atoms with Gasteiger partial charge in [-0.1, -0.05) is 46.7 Å². The number of aromatic amines is 1. The number of pyridine rings is 1. The molecule has 6 rings (SSSR count). The lowest BCUT2D eigenvalue weighted by Gasteiger charge is -2.27. The zero-order valence-corrected chi connectivity index (χ0v) is 19.5. The van der Waals surface area contributed by atoms with Gasteiger partial charge in [-0.05, 0) is 24.7 Å². The van der Waals surface area contributed by atoms with Crippen molar-refractivity contribution in [2.24, 2.45) is 17.8 Å². The first kappa shape index (κ1) is 21.2. The molecular weight excluding hydrogens is 487 g/mol. The van der Waals surface area contributed by atoms with Gasteiger partial charge in [0.15, 0.2) is 21.8 Å². The first-order valence-electron chi connectivity index (χ1n) is 10.7. The number of rotatable bonds is 5. The van der Waals surface area contributed by atoms with Crippen LogP contribution in [0.5, 0.6) is 0 Å². The number of carboxylic acids is 1. The molecule has 172 valence electrons. The number of hydrogen-bond donors (Lipinski definition) is 4. The first-order valence-corrected chi connectivity index (χ1v) is 12.3. The summed E-state index contributed by atoms with van der Waals surface area (Å²) in [6, 6.07) is -0.271. The Bertz CT molecular complexity index is 1290. The van der Waals surface area contributed by atoms with Gasteiger partial charge in [-0.3, -0.25) is 4.79 Å². The van der Waals surface area contributed by atoms with Crippen LogP contribution in [0.4, 0.5) is 10.8 Å². The predicted molar refractivity (Wildman–Crippen MR) is 127 cm³/mol. The maximum Gasteiger partial charge on any atom is 0.309 e.